The van der Waals surface area contributed by atoms with Gasteiger partial charge in [-0.05, 0) is 87.1 Å². The van der Waals surface area contributed by atoms with Crippen LogP contribution in [0, 0.1) is 0 Å². The molecule has 2 bridgehead atoms. The van der Waals surface area contributed by atoms with Crippen LogP contribution in [0.5, 0.6) is 5.75 Å². The molecule has 32 heavy (non-hydrogen) atoms. The Morgan fingerprint density at radius 3 is 2.28 bits per heavy atom. The first-order chi connectivity index (χ1) is 15.7. The molecule has 1 atom stereocenters. The molecule has 0 spiro atoms. The van der Waals surface area contributed by atoms with E-state index in [4.69, 9.17) is 4.74 Å². The monoisotopic (exact) mass is 433 g/mol. The Kier molecular flexibility index (Phi) is 6.35. The molecular formula is C27H35N3O2. The van der Waals surface area contributed by atoms with Crippen molar-refractivity contribution >= 4 is 17.3 Å². The number of rotatable bonds is 8. The van der Waals surface area contributed by atoms with E-state index in [1.807, 2.05) is 36.4 Å². The van der Waals surface area contributed by atoms with E-state index < -0.39 is 0 Å². The predicted octanol–water partition coefficient (Wildman–Crippen LogP) is 5.32. The third-order valence-corrected chi connectivity index (χ3v) is 7.47. The number of amides is 1. The van der Waals surface area contributed by atoms with Crippen LogP contribution in [0.2, 0.25) is 0 Å². The van der Waals surface area contributed by atoms with Gasteiger partial charge in [-0.15, -0.1) is 0 Å². The second kappa shape index (κ2) is 9.53. The van der Waals surface area contributed by atoms with E-state index in [1.165, 1.54) is 37.8 Å². The lowest BCUT2D eigenvalue weighted by atomic mass is 10.0. The van der Waals surface area contributed by atoms with Gasteiger partial charge in [0, 0.05) is 48.2 Å². The number of nitrogens with one attached hydrogen (secondary N) is 1. The first-order valence-corrected chi connectivity index (χ1v) is 12.4. The fourth-order valence-electron chi connectivity index (χ4n) is 5.76. The number of anilines is 2. The van der Waals surface area contributed by atoms with Gasteiger partial charge in [0.25, 0.3) is 5.91 Å². The van der Waals surface area contributed by atoms with Gasteiger partial charge in [0.1, 0.15) is 5.75 Å². The van der Waals surface area contributed by atoms with Crippen molar-refractivity contribution in [2.24, 2.45) is 0 Å². The molecule has 2 aromatic rings. The van der Waals surface area contributed by atoms with Crippen LogP contribution in [0.25, 0.3) is 0 Å². The van der Waals surface area contributed by atoms with E-state index in [9.17, 15) is 4.79 Å². The standard InChI is InChI=1S/C27H35N3O2/c1-2-3-18-32-26-14-4-20(5-15-26)27(31)28-21-6-8-22(9-7-21)29-17-16-25(19-29)30-23-10-11-24(30)13-12-23/h4-9,14-15,23-25H,2-3,10-13,16-19H2,1H3,(H,28,31). The van der Waals surface area contributed by atoms with Crippen molar-refractivity contribution in [2.45, 2.75) is 70.0 Å². The number of carbonyl (C=O) groups is 1. The Labute approximate surface area is 191 Å². The fourth-order valence-corrected chi connectivity index (χ4v) is 5.76. The minimum atomic E-state index is -0.0939. The van der Waals surface area contributed by atoms with Crippen molar-refractivity contribution in [3.8, 4) is 5.75 Å². The van der Waals surface area contributed by atoms with Crippen molar-refractivity contribution in [2.75, 3.05) is 29.9 Å². The largest absolute Gasteiger partial charge is 0.494 e. The topological polar surface area (TPSA) is 44.8 Å². The van der Waals surface area contributed by atoms with Crippen molar-refractivity contribution in [3.63, 3.8) is 0 Å². The minimum Gasteiger partial charge on any atom is -0.494 e. The summed E-state index contributed by atoms with van der Waals surface area (Å²) < 4.78 is 5.68. The maximum absolute atomic E-state index is 12.6. The average molecular weight is 434 g/mol. The number of nitrogens with zero attached hydrogens (tertiary/aromatic N) is 2. The summed E-state index contributed by atoms with van der Waals surface area (Å²) in [7, 11) is 0. The highest BCUT2D eigenvalue weighted by molar-refractivity contribution is 6.04. The highest BCUT2D eigenvalue weighted by atomic mass is 16.5. The van der Waals surface area contributed by atoms with Crippen LogP contribution in [0.3, 0.4) is 0 Å². The van der Waals surface area contributed by atoms with E-state index in [0.717, 1.165) is 49.5 Å². The molecule has 1 N–H and O–H groups in total. The Bertz CT molecular complexity index is 892. The van der Waals surface area contributed by atoms with Gasteiger partial charge in [-0.3, -0.25) is 9.69 Å². The molecule has 3 fully saturated rings. The molecule has 3 aliphatic heterocycles. The van der Waals surface area contributed by atoms with Crippen LogP contribution < -0.4 is 15.0 Å². The Hall–Kier alpha value is -2.53. The molecule has 170 valence electrons. The minimum absolute atomic E-state index is 0.0939. The number of fused-ring (bicyclic) bond motifs is 2. The van der Waals surface area contributed by atoms with Crippen molar-refractivity contribution in [1.29, 1.82) is 0 Å². The van der Waals surface area contributed by atoms with Gasteiger partial charge in [0.2, 0.25) is 0 Å². The molecule has 0 aliphatic carbocycles. The second-order valence-corrected chi connectivity index (χ2v) is 9.53. The first kappa shape index (κ1) is 21.3. The van der Waals surface area contributed by atoms with Gasteiger partial charge in [0.15, 0.2) is 0 Å². The lowest BCUT2D eigenvalue weighted by Crippen LogP contribution is -2.40. The zero-order valence-electron chi connectivity index (χ0n) is 19.1. The smallest absolute Gasteiger partial charge is 0.255 e. The molecular weight excluding hydrogens is 398 g/mol. The van der Waals surface area contributed by atoms with Gasteiger partial charge >= 0.3 is 0 Å². The molecule has 0 aromatic heterocycles. The molecule has 5 rings (SSSR count). The number of unbranched alkanes of at least 4 members (excludes halogenated alkanes) is 1. The van der Waals surface area contributed by atoms with Crippen LogP contribution >= 0.6 is 0 Å². The van der Waals surface area contributed by atoms with Gasteiger partial charge in [-0.1, -0.05) is 13.3 Å². The van der Waals surface area contributed by atoms with Gasteiger partial charge in [0.05, 0.1) is 6.61 Å². The Balaban J connectivity index is 1.14. The van der Waals surface area contributed by atoms with Crippen LogP contribution in [0.4, 0.5) is 11.4 Å². The predicted molar refractivity (Wildman–Crippen MR) is 130 cm³/mol. The summed E-state index contributed by atoms with van der Waals surface area (Å²) >= 11 is 0. The molecule has 5 nitrogen and oxygen atoms in total. The quantitative estimate of drug-likeness (QED) is 0.572. The number of carbonyl (C=O) groups excluding carboxylic acids is 1. The number of ether oxygens (including phenoxy) is 1. The molecule has 1 amide bonds. The van der Waals surface area contributed by atoms with Crippen molar-refractivity contribution in [3.05, 3.63) is 54.1 Å². The van der Waals surface area contributed by atoms with E-state index in [2.05, 4.69) is 34.2 Å². The summed E-state index contributed by atoms with van der Waals surface area (Å²) in [6.07, 6.45) is 9.04. The van der Waals surface area contributed by atoms with E-state index in [1.54, 1.807) is 0 Å². The normalized spacial score (nSPS) is 24.8. The molecule has 0 radical (unpaired) electrons. The third-order valence-electron chi connectivity index (χ3n) is 7.47. The van der Waals surface area contributed by atoms with Gasteiger partial charge in [-0.25, -0.2) is 0 Å². The van der Waals surface area contributed by atoms with Crippen LogP contribution in [-0.4, -0.2) is 48.6 Å². The third kappa shape index (κ3) is 4.49. The molecule has 1 unspecified atom stereocenters. The Morgan fingerprint density at radius 2 is 1.62 bits per heavy atom. The SMILES string of the molecule is CCCCOc1ccc(C(=O)Nc2ccc(N3CCC(N4C5CCC4CC5)C3)cc2)cc1. The molecule has 3 aliphatic rings. The van der Waals surface area contributed by atoms with Crippen LogP contribution in [-0.2, 0) is 0 Å². The van der Waals surface area contributed by atoms with Gasteiger partial charge in [-0.2, -0.15) is 0 Å². The van der Waals surface area contributed by atoms with Crippen LogP contribution in [0.15, 0.2) is 48.5 Å². The van der Waals surface area contributed by atoms with E-state index in [0.29, 0.717) is 18.2 Å². The zero-order chi connectivity index (χ0) is 21.9. The highest BCUT2D eigenvalue weighted by Gasteiger charge is 2.44. The van der Waals surface area contributed by atoms with E-state index >= 15 is 0 Å². The first-order valence-electron chi connectivity index (χ1n) is 12.4. The van der Waals surface area contributed by atoms with Crippen LogP contribution in [0.1, 0.15) is 62.2 Å². The Morgan fingerprint density at radius 1 is 0.938 bits per heavy atom. The van der Waals surface area contributed by atoms with Crippen molar-refractivity contribution < 1.29 is 9.53 Å². The highest BCUT2D eigenvalue weighted by Crippen LogP contribution is 2.41. The summed E-state index contributed by atoms with van der Waals surface area (Å²) in [6.45, 7) is 5.11. The number of hydrogen-bond acceptors (Lipinski definition) is 4. The summed E-state index contributed by atoms with van der Waals surface area (Å²) in [5.41, 5.74) is 2.72. The lowest BCUT2D eigenvalue weighted by molar-refractivity contribution is 0.102. The maximum Gasteiger partial charge on any atom is 0.255 e. The summed E-state index contributed by atoms with van der Waals surface area (Å²) in [6, 6.07) is 18.1. The maximum atomic E-state index is 12.6. The van der Waals surface area contributed by atoms with Gasteiger partial charge < -0.3 is 15.0 Å². The molecule has 5 heteroatoms. The zero-order valence-corrected chi connectivity index (χ0v) is 19.1. The lowest BCUT2D eigenvalue weighted by Gasteiger charge is -2.29. The second-order valence-electron chi connectivity index (χ2n) is 9.53. The summed E-state index contributed by atoms with van der Waals surface area (Å²) in [4.78, 5) is 18.0. The molecule has 0 saturated carbocycles. The molecule has 2 aromatic carbocycles. The van der Waals surface area contributed by atoms with E-state index in [-0.39, 0.29) is 5.91 Å². The number of hydrogen-bond donors (Lipinski definition) is 1. The summed E-state index contributed by atoms with van der Waals surface area (Å²) in [5.74, 6) is 0.716. The van der Waals surface area contributed by atoms with Crippen molar-refractivity contribution in [1.82, 2.24) is 4.90 Å². The molecule has 3 heterocycles. The fraction of sp³-hybridized carbons (Fsp3) is 0.519. The number of benzene rings is 2. The summed E-state index contributed by atoms with van der Waals surface area (Å²) in [5, 5.41) is 3.01. The average Bonchev–Trinajstić information content (AvgIpc) is 3.56. The molecule has 3 saturated heterocycles.